The molecule has 3 aromatic rings. The van der Waals surface area contributed by atoms with Gasteiger partial charge < -0.3 is 29.7 Å². The fourth-order valence-corrected chi connectivity index (χ4v) is 6.76. The number of amides is 4. The molecule has 4 amide bonds. The van der Waals surface area contributed by atoms with Crippen LogP contribution in [0.3, 0.4) is 0 Å². The molecular formula is C37H46N4O7. The number of carbonyl (C=O) groups is 4. The van der Waals surface area contributed by atoms with E-state index in [0.29, 0.717) is 43.2 Å². The standard InChI is InChI=1S/C37H46N4O7/c1-23-32(38-33(42)30(21-37(2,3)4)39(5)36(45)46)35(44)40(22-27-26-12-8-7-11-24(26)15-16-31(27)47-6)28-13-9-10-14-29(28)41(23)34(43)25-17-19-48-20-18-25/h7-16,23,25,30,32H,17-22H2,1-6H3,(H,38,42)(H,45,46)/t23-,30-,32-/m0/s1. The maximum Gasteiger partial charge on any atom is 0.407 e. The van der Waals surface area contributed by atoms with Gasteiger partial charge in [-0.3, -0.25) is 19.3 Å². The quantitative estimate of drug-likeness (QED) is 0.330. The van der Waals surface area contributed by atoms with E-state index in [9.17, 15) is 24.3 Å². The Labute approximate surface area is 281 Å². The highest BCUT2D eigenvalue weighted by atomic mass is 16.5. The van der Waals surface area contributed by atoms with Crippen molar-refractivity contribution in [2.75, 3.05) is 37.2 Å². The van der Waals surface area contributed by atoms with Gasteiger partial charge in [-0.15, -0.1) is 0 Å². The molecule has 2 N–H and O–H groups in total. The SMILES string of the molecule is COc1ccc2ccccc2c1CN1C(=O)[C@@H](NC(=O)[C@H](CC(C)(C)C)N(C)C(=O)O)[C@H](C)N(C(=O)C2CCOCC2)c2ccccc21. The molecule has 256 valence electrons. The number of hydrogen-bond donors (Lipinski definition) is 2. The Hall–Kier alpha value is -4.64. The second-order valence-electron chi connectivity index (χ2n) is 13.9. The van der Waals surface area contributed by atoms with E-state index in [2.05, 4.69) is 5.32 Å². The van der Waals surface area contributed by atoms with Gasteiger partial charge in [0.2, 0.25) is 11.8 Å². The fraction of sp³-hybridized carbons (Fsp3) is 0.459. The molecule has 0 aromatic heterocycles. The largest absolute Gasteiger partial charge is 0.496 e. The number of para-hydroxylation sites is 2. The molecule has 5 rings (SSSR count). The van der Waals surface area contributed by atoms with Crippen LogP contribution in [0.5, 0.6) is 5.75 Å². The summed E-state index contributed by atoms with van der Waals surface area (Å²) in [5.74, 6) is -0.901. The summed E-state index contributed by atoms with van der Waals surface area (Å²) in [6.07, 6.45) is 0.0542. The van der Waals surface area contributed by atoms with Crippen molar-refractivity contribution in [1.29, 1.82) is 0 Å². The van der Waals surface area contributed by atoms with Crippen molar-refractivity contribution in [3.63, 3.8) is 0 Å². The number of likely N-dealkylation sites (N-methyl/N-ethyl adjacent to an activating group) is 1. The second kappa shape index (κ2) is 14.2. The summed E-state index contributed by atoms with van der Waals surface area (Å²) in [5, 5.41) is 14.7. The molecule has 11 nitrogen and oxygen atoms in total. The van der Waals surface area contributed by atoms with Crippen molar-refractivity contribution < 1.29 is 33.8 Å². The molecule has 11 heteroatoms. The summed E-state index contributed by atoms with van der Waals surface area (Å²) < 4.78 is 11.3. The van der Waals surface area contributed by atoms with Gasteiger partial charge in [0.15, 0.2) is 0 Å². The number of nitrogens with one attached hydrogen (secondary N) is 1. The fourth-order valence-electron chi connectivity index (χ4n) is 6.76. The molecule has 0 spiro atoms. The number of fused-ring (bicyclic) bond motifs is 2. The highest BCUT2D eigenvalue weighted by molar-refractivity contribution is 6.09. The summed E-state index contributed by atoms with van der Waals surface area (Å²) in [5.41, 5.74) is 1.45. The summed E-state index contributed by atoms with van der Waals surface area (Å²) >= 11 is 0. The van der Waals surface area contributed by atoms with Gasteiger partial charge in [-0.25, -0.2) is 4.79 Å². The average molecular weight is 659 g/mol. The third-order valence-electron chi connectivity index (χ3n) is 9.37. The van der Waals surface area contributed by atoms with Crippen molar-refractivity contribution in [3.8, 4) is 5.75 Å². The molecule has 0 aliphatic carbocycles. The molecule has 0 radical (unpaired) electrons. The van der Waals surface area contributed by atoms with Crippen molar-refractivity contribution in [1.82, 2.24) is 10.2 Å². The first-order valence-electron chi connectivity index (χ1n) is 16.4. The molecule has 1 saturated heterocycles. The van der Waals surface area contributed by atoms with Gasteiger partial charge in [0.1, 0.15) is 17.8 Å². The Morgan fingerprint density at radius 2 is 1.67 bits per heavy atom. The molecule has 0 unspecified atom stereocenters. The van der Waals surface area contributed by atoms with Crippen LogP contribution in [0, 0.1) is 11.3 Å². The maximum atomic E-state index is 14.9. The Kier molecular flexibility index (Phi) is 10.3. The van der Waals surface area contributed by atoms with Crippen LogP contribution in [0.1, 0.15) is 52.5 Å². The second-order valence-corrected chi connectivity index (χ2v) is 13.9. The first-order chi connectivity index (χ1) is 22.8. The van der Waals surface area contributed by atoms with Crippen molar-refractivity contribution in [3.05, 3.63) is 66.2 Å². The number of rotatable bonds is 8. The predicted octanol–water partition coefficient (Wildman–Crippen LogP) is 5.44. The van der Waals surface area contributed by atoms with Crippen LogP contribution < -0.4 is 19.9 Å². The minimum atomic E-state index is -1.26. The lowest BCUT2D eigenvalue weighted by molar-refractivity contribution is -0.132. The van der Waals surface area contributed by atoms with Crippen LogP contribution in [0.4, 0.5) is 16.2 Å². The number of carbonyl (C=O) groups excluding carboxylic acids is 3. The zero-order valence-electron chi connectivity index (χ0n) is 28.6. The molecular weight excluding hydrogens is 612 g/mol. The third kappa shape index (κ3) is 7.11. The van der Waals surface area contributed by atoms with Gasteiger partial charge in [-0.2, -0.15) is 0 Å². The zero-order valence-corrected chi connectivity index (χ0v) is 28.6. The van der Waals surface area contributed by atoms with E-state index in [0.717, 1.165) is 21.2 Å². The highest BCUT2D eigenvalue weighted by Crippen LogP contribution is 2.40. The van der Waals surface area contributed by atoms with E-state index in [4.69, 9.17) is 9.47 Å². The van der Waals surface area contributed by atoms with Crippen LogP contribution in [0.25, 0.3) is 10.8 Å². The minimum absolute atomic E-state index is 0.0964. The van der Waals surface area contributed by atoms with E-state index >= 15 is 0 Å². The van der Waals surface area contributed by atoms with E-state index < -0.39 is 41.4 Å². The maximum absolute atomic E-state index is 14.9. The van der Waals surface area contributed by atoms with Crippen LogP contribution in [0.2, 0.25) is 0 Å². The summed E-state index contributed by atoms with van der Waals surface area (Å²) in [6.45, 7) is 8.55. The van der Waals surface area contributed by atoms with Crippen LogP contribution >= 0.6 is 0 Å². The van der Waals surface area contributed by atoms with E-state index in [1.54, 1.807) is 23.8 Å². The molecule has 48 heavy (non-hydrogen) atoms. The summed E-state index contributed by atoms with van der Waals surface area (Å²) in [7, 11) is 2.94. The van der Waals surface area contributed by atoms with E-state index in [-0.39, 0.29) is 24.8 Å². The average Bonchev–Trinajstić information content (AvgIpc) is 3.15. The molecule has 3 atom stereocenters. The number of carboxylic acid groups (broad SMARTS) is 1. The lowest BCUT2D eigenvalue weighted by Gasteiger charge is -2.37. The monoisotopic (exact) mass is 658 g/mol. The first-order valence-corrected chi connectivity index (χ1v) is 16.4. The summed E-state index contributed by atoms with van der Waals surface area (Å²) in [4.78, 5) is 59.8. The first kappa shape index (κ1) is 34.7. The van der Waals surface area contributed by atoms with Gasteiger partial charge in [0.25, 0.3) is 5.91 Å². The normalized spacial score (nSPS) is 19.3. The van der Waals surface area contributed by atoms with Crippen molar-refractivity contribution in [2.45, 2.75) is 71.6 Å². The number of anilines is 2. The highest BCUT2D eigenvalue weighted by Gasteiger charge is 2.45. The predicted molar refractivity (Wildman–Crippen MR) is 184 cm³/mol. The number of hydrogen-bond acceptors (Lipinski definition) is 6. The lowest BCUT2D eigenvalue weighted by Crippen LogP contribution is -2.61. The molecule has 2 aliphatic heterocycles. The lowest BCUT2D eigenvalue weighted by atomic mass is 9.87. The molecule has 2 aliphatic rings. The van der Waals surface area contributed by atoms with Gasteiger partial charge in [0.05, 0.1) is 31.1 Å². The number of nitrogens with zero attached hydrogens (tertiary/aromatic N) is 3. The molecule has 0 bridgehead atoms. The zero-order chi connectivity index (χ0) is 34.7. The third-order valence-corrected chi connectivity index (χ3v) is 9.37. The van der Waals surface area contributed by atoms with Gasteiger partial charge in [0, 0.05) is 31.7 Å². The number of methoxy groups -OCH3 is 1. The van der Waals surface area contributed by atoms with E-state index in [1.165, 1.54) is 7.05 Å². The Morgan fingerprint density at radius 3 is 2.31 bits per heavy atom. The molecule has 0 saturated carbocycles. The Morgan fingerprint density at radius 1 is 1.02 bits per heavy atom. The number of benzene rings is 3. The number of ether oxygens (including phenoxy) is 2. The molecule has 3 aromatic carbocycles. The van der Waals surface area contributed by atoms with Crippen molar-refractivity contribution in [2.24, 2.45) is 11.3 Å². The topological polar surface area (TPSA) is 129 Å². The minimum Gasteiger partial charge on any atom is -0.496 e. The summed E-state index contributed by atoms with van der Waals surface area (Å²) in [6, 6.07) is 15.9. The molecule has 2 heterocycles. The van der Waals surface area contributed by atoms with Crippen molar-refractivity contribution >= 4 is 46.0 Å². The Bertz CT molecular complexity index is 1680. The smallest absolute Gasteiger partial charge is 0.407 e. The van der Waals surface area contributed by atoms with Crippen LogP contribution in [-0.4, -0.2) is 79.3 Å². The van der Waals surface area contributed by atoms with E-state index in [1.807, 2.05) is 81.4 Å². The molecule has 1 fully saturated rings. The Balaban J connectivity index is 1.64. The van der Waals surface area contributed by atoms with Crippen LogP contribution in [-0.2, 0) is 25.7 Å². The van der Waals surface area contributed by atoms with Gasteiger partial charge in [-0.1, -0.05) is 63.2 Å². The van der Waals surface area contributed by atoms with Gasteiger partial charge in [-0.05, 0) is 60.6 Å². The van der Waals surface area contributed by atoms with Gasteiger partial charge >= 0.3 is 6.09 Å². The van der Waals surface area contributed by atoms with Crippen LogP contribution in [0.15, 0.2) is 60.7 Å².